The van der Waals surface area contributed by atoms with E-state index in [4.69, 9.17) is 14.8 Å². The maximum atomic E-state index is 11.0. The number of aryl methyl sites for hydroxylation is 2. The quantitative estimate of drug-likeness (QED) is 0.423. The Bertz CT molecular complexity index is 1210. The third-order valence-electron chi connectivity index (χ3n) is 4.59. The number of rotatable bonds is 5. The molecule has 0 atom stereocenters. The molecule has 0 radical (unpaired) electrons. The molecule has 1 aliphatic rings. The molecule has 1 aliphatic heterocycles. The van der Waals surface area contributed by atoms with Crippen LogP contribution >= 0.6 is 0 Å². The molecular formula is C18H20N6O4S. The number of hydrazine groups is 1. The minimum Gasteiger partial charge on any atom is -0.461 e. The fraction of sp³-hybridized carbons (Fsp3) is 0.222. The van der Waals surface area contributed by atoms with Gasteiger partial charge in [-0.05, 0) is 43.2 Å². The standard InChI is InChI=1S/C18H20N6O4S/c1-11-7-13(4-5-15(11)21-29(25,26)27)8-24-16-10-23(19)9-14(18(16)20-22-24)17-6-3-12(2)28-17/h3-7,9,21H,8,10,19H2,1-2H3,(H,25,26,27). The highest BCUT2D eigenvalue weighted by molar-refractivity contribution is 7.87. The highest BCUT2D eigenvalue weighted by Crippen LogP contribution is 2.30. The summed E-state index contributed by atoms with van der Waals surface area (Å²) in [6, 6.07) is 8.91. The summed E-state index contributed by atoms with van der Waals surface area (Å²) in [5.74, 6) is 7.52. The van der Waals surface area contributed by atoms with Crippen LogP contribution in [0.1, 0.15) is 34.0 Å². The monoisotopic (exact) mass is 416 g/mol. The van der Waals surface area contributed by atoms with Gasteiger partial charge < -0.3 is 9.43 Å². The average Bonchev–Trinajstić information content (AvgIpc) is 3.22. The summed E-state index contributed by atoms with van der Waals surface area (Å²) in [5, 5.41) is 10.1. The van der Waals surface area contributed by atoms with Crippen LogP contribution in [0.15, 0.2) is 40.9 Å². The number of hydrogen-bond donors (Lipinski definition) is 3. The van der Waals surface area contributed by atoms with Crippen molar-refractivity contribution in [3.63, 3.8) is 0 Å². The fourth-order valence-electron chi connectivity index (χ4n) is 3.28. The van der Waals surface area contributed by atoms with Crippen LogP contribution < -0.4 is 10.6 Å². The van der Waals surface area contributed by atoms with Crippen molar-refractivity contribution in [2.75, 3.05) is 4.72 Å². The predicted octanol–water partition coefficient (Wildman–Crippen LogP) is 1.83. The number of fused-ring (bicyclic) bond motifs is 1. The van der Waals surface area contributed by atoms with Crippen molar-refractivity contribution in [3.05, 3.63) is 70.6 Å². The van der Waals surface area contributed by atoms with Crippen LogP contribution in [-0.2, 0) is 23.4 Å². The van der Waals surface area contributed by atoms with Crippen LogP contribution in [0.2, 0.25) is 0 Å². The second-order valence-corrected chi connectivity index (χ2v) is 8.05. The SMILES string of the molecule is Cc1ccc(C2=CN(N)Cc3c2nnn3Cc2ccc(NS(=O)(=O)O)c(C)c2)o1. The molecule has 2 aromatic heterocycles. The fourth-order valence-corrected chi connectivity index (χ4v) is 3.79. The Balaban J connectivity index is 1.63. The number of nitrogens with one attached hydrogen (secondary N) is 1. The molecule has 3 heterocycles. The number of nitrogens with two attached hydrogens (primary N) is 1. The molecule has 1 aromatic carbocycles. The first-order valence-corrected chi connectivity index (χ1v) is 10.2. The lowest BCUT2D eigenvalue weighted by Crippen LogP contribution is -2.29. The summed E-state index contributed by atoms with van der Waals surface area (Å²) in [5.41, 5.74) is 4.19. The Morgan fingerprint density at radius 1 is 1.28 bits per heavy atom. The van der Waals surface area contributed by atoms with Crippen LogP contribution in [0.25, 0.3) is 5.57 Å². The Morgan fingerprint density at radius 2 is 2.07 bits per heavy atom. The number of anilines is 1. The third kappa shape index (κ3) is 4.01. The smallest absolute Gasteiger partial charge is 0.357 e. The van der Waals surface area contributed by atoms with E-state index in [1.54, 1.807) is 34.9 Å². The zero-order chi connectivity index (χ0) is 20.8. The zero-order valence-electron chi connectivity index (χ0n) is 15.8. The number of benzene rings is 1. The molecule has 29 heavy (non-hydrogen) atoms. The molecule has 4 N–H and O–H groups in total. The molecule has 0 spiro atoms. The Morgan fingerprint density at radius 3 is 2.72 bits per heavy atom. The first-order valence-electron chi connectivity index (χ1n) is 8.77. The molecule has 0 saturated heterocycles. The van der Waals surface area contributed by atoms with Crippen LogP contribution in [0.4, 0.5) is 5.69 Å². The Kier molecular flexibility index (Phi) is 4.65. The van der Waals surface area contributed by atoms with Gasteiger partial charge in [0.2, 0.25) is 0 Å². The van der Waals surface area contributed by atoms with Gasteiger partial charge in [0.05, 0.1) is 30.0 Å². The van der Waals surface area contributed by atoms with E-state index in [0.29, 0.717) is 35.8 Å². The van der Waals surface area contributed by atoms with E-state index in [0.717, 1.165) is 22.6 Å². The summed E-state index contributed by atoms with van der Waals surface area (Å²) < 4.78 is 40.6. The molecular weight excluding hydrogens is 396 g/mol. The lowest BCUT2D eigenvalue weighted by Gasteiger charge is -2.21. The van der Waals surface area contributed by atoms with E-state index >= 15 is 0 Å². The van der Waals surface area contributed by atoms with E-state index in [-0.39, 0.29) is 0 Å². The van der Waals surface area contributed by atoms with Gasteiger partial charge in [0.1, 0.15) is 17.2 Å². The summed E-state index contributed by atoms with van der Waals surface area (Å²) in [7, 11) is -4.32. The van der Waals surface area contributed by atoms with E-state index in [1.807, 2.05) is 25.1 Å². The van der Waals surface area contributed by atoms with Gasteiger partial charge >= 0.3 is 10.3 Å². The van der Waals surface area contributed by atoms with Crippen molar-refractivity contribution in [1.82, 2.24) is 20.0 Å². The first-order chi connectivity index (χ1) is 13.7. The minimum absolute atomic E-state index is 0.309. The maximum Gasteiger partial charge on any atom is 0.357 e. The minimum atomic E-state index is -4.32. The summed E-state index contributed by atoms with van der Waals surface area (Å²) in [6.07, 6.45) is 1.78. The van der Waals surface area contributed by atoms with E-state index in [2.05, 4.69) is 15.0 Å². The van der Waals surface area contributed by atoms with Crippen molar-refractivity contribution in [2.24, 2.45) is 5.84 Å². The van der Waals surface area contributed by atoms with Crippen molar-refractivity contribution in [3.8, 4) is 0 Å². The van der Waals surface area contributed by atoms with Gasteiger partial charge in [-0.1, -0.05) is 17.3 Å². The highest BCUT2D eigenvalue weighted by Gasteiger charge is 2.25. The molecule has 152 valence electrons. The molecule has 0 aliphatic carbocycles. The van der Waals surface area contributed by atoms with Crippen molar-refractivity contribution < 1.29 is 17.4 Å². The van der Waals surface area contributed by atoms with Gasteiger partial charge in [0.15, 0.2) is 0 Å². The lowest BCUT2D eigenvalue weighted by molar-refractivity contribution is 0.365. The zero-order valence-corrected chi connectivity index (χ0v) is 16.6. The van der Waals surface area contributed by atoms with Gasteiger partial charge in [-0.15, -0.1) is 5.10 Å². The van der Waals surface area contributed by atoms with Crippen LogP contribution in [0, 0.1) is 13.8 Å². The molecule has 11 heteroatoms. The Hall–Kier alpha value is -3.15. The largest absolute Gasteiger partial charge is 0.461 e. The van der Waals surface area contributed by atoms with Crippen LogP contribution in [0.5, 0.6) is 0 Å². The van der Waals surface area contributed by atoms with Gasteiger partial charge in [-0.25, -0.2) is 10.5 Å². The molecule has 10 nitrogen and oxygen atoms in total. The highest BCUT2D eigenvalue weighted by atomic mass is 32.2. The van der Waals surface area contributed by atoms with Gasteiger partial charge in [-0.3, -0.25) is 9.27 Å². The van der Waals surface area contributed by atoms with Gasteiger partial charge in [-0.2, -0.15) is 8.42 Å². The average molecular weight is 416 g/mol. The number of aromatic nitrogens is 3. The molecule has 0 bridgehead atoms. The van der Waals surface area contributed by atoms with Crippen molar-refractivity contribution in [2.45, 2.75) is 26.9 Å². The van der Waals surface area contributed by atoms with E-state index in [1.165, 1.54) is 0 Å². The molecule has 0 fully saturated rings. The van der Waals surface area contributed by atoms with E-state index < -0.39 is 10.3 Å². The summed E-state index contributed by atoms with van der Waals surface area (Å²) in [6.45, 7) is 4.48. The second-order valence-electron chi connectivity index (χ2n) is 6.89. The summed E-state index contributed by atoms with van der Waals surface area (Å²) in [4.78, 5) is 0. The topological polar surface area (TPSA) is 140 Å². The first kappa shape index (κ1) is 19.2. The third-order valence-corrected chi connectivity index (χ3v) is 5.07. The molecule has 4 rings (SSSR count). The normalized spacial score (nSPS) is 13.9. The number of furan rings is 1. The lowest BCUT2D eigenvalue weighted by atomic mass is 10.1. The second kappa shape index (κ2) is 7.03. The van der Waals surface area contributed by atoms with Crippen molar-refractivity contribution in [1.29, 1.82) is 0 Å². The van der Waals surface area contributed by atoms with Gasteiger partial charge in [0, 0.05) is 6.20 Å². The number of nitrogens with zero attached hydrogens (tertiary/aromatic N) is 4. The molecule has 0 unspecified atom stereocenters. The van der Waals surface area contributed by atoms with Crippen LogP contribution in [-0.4, -0.2) is 33.0 Å². The predicted molar refractivity (Wildman–Crippen MR) is 106 cm³/mol. The summed E-state index contributed by atoms with van der Waals surface area (Å²) >= 11 is 0. The molecule has 3 aromatic rings. The molecule has 0 amide bonds. The van der Waals surface area contributed by atoms with Crippen LogP contribution in [0.3, 0.4) is 0 Å². The molecule has 0 saturated carbocycles. The van der Waals surface area contributed by atoms with E-state index in [9.17, 15) is 8.42 Å². The number of hydrogen-bond acceptors (Lipinski definition) is 7. The van der Waals surface area contributed by atoms with Crippen molar-refractivity contribution >= 4 is 21.6 Å². The Labute approximate surface area is 167 Å². The maximum absolute atomic E-state index is 11.0. The van der Waals surface area contributed by atoms with Gasteiger partial charge in [0.25, 0.3) is 0 Å².